The summed E-state index contributed by atoms with van der Waals surface area (Å²) in [5, 5.41) is 1.05. The molecule has 1 heterocycles. The maximum Gasteiger partial charge on any atom is 0.0960 e. The van der Waals surface area contributed by atoms with E-state index in [9.17, 15) is 0 Å². The number of hydrogen-bond acceptors (Lipinski definition) is 3. The lowest BCUT2D eigenvalue weighted by molar-refractivity contribution is -0.0131. The number of pyridine rings is 1. The first kappa shape index (κ1) is 20.7. The summed E-state index contributed by atoms with van der Waals surface area (Å²) < 4.78 is 6.18. The predicted octanol–water partition coefficient (Wildman–Crippen LogP) is 6.10. The van der Waals surface area contributed by atoms with E-state index in [0.29, 0.717) is 6.61 Å². The second kappa shape index (κ2) is 11.3. The Morgan fingerprint density at radius 1 is 1.04 bits per heavy atom. The smallest absolute Gasteiger partial charge is 0.0960 e. The van der Waals surface area contributed by atoms with Gasteiger partial charge in [0.2, 0.25) is 0 Å². The fraction of sp³-hybridized carbons (Fsp3) is 0.476. The number of rotatable bonds is 8. The van der Waals surface area contributed by atoms with Gasteiger partial charge in [-0.05, 0) is 43.5 Å². The SMILES string of the molecule is CC.CCCc1ccccc1C(C)(C)OCCSc1ccccn1. The minimum atomic E-state index is -0.254. The van der Waals surface area contributed by atoms with Crippen LogP contribution in [0.3, 0.4) is 0 Å². The molecule has 0 saturated carbocycles. The molecule has 132 valence electrons. The topological polar surface area (TPSA) is 22.1 Å². The van der Waals surface area contributed by atoms with E-state index in [2.05, 4.69) is 50.0 Å². The van der Waals surface area contributed by atoms with Gasteiger partial charge < -0.3 is 4.74 Å². The van der Waals surface area contributed by atoms with Crippen LogP contribution in [0.25, 0.3) is 0 Å². The summed E-state index contributed by atoms with van der Waals surface area (Å²) in [5.41, 5.74) is 2.45. The molecule has 1 aromatic heterocycles. The quantitative estimate of drug-likeness (QED) is 0.426. The average Bonchev–Trinajstić information content (AvgIpc) is 2.62. The van der Waals surface area contributed by atoms with E-state index in [4.69, 9.17) is 4.74 Å². The fourth-order valence-corrected chi connectivity index (χ4v) is 3.23. The van der Waals surface area contributed by atoms with E-state index in [1.165, 1.54) is 11.1 Å². The summed E-state index contributed by atoms with van der Waals surface area (Å²) in [6.07, 6.45) is 4.09. The molecule has 0 N–H and O–H groups in total. The predicted molar refractivity (Wildman–Crippen MR) is 106 cm³/mol. The van der Waals surface area contributed by atoms with Gasteiger partial charge in [0.25, 0.3) is 0 Å². The zero-order valence-electron chi connectivity index (χ0n) is 15.7. The van der Waals surface area contributed by atoms with Crippen LogP contribution < -0.4 is 0 Å². The number of benzene rings is 1. The van der Waals surface area contributed by atoms with Crippen molar-refractivity contribution in [2.24, 2.45) is 0 Å². The van der Waals surface area contributed by atoms with Gasteiger partial charge in [0, 0.05) is 11.9 Å². The van der Waals surface area contributed by atoms with Crippen LogP contribution in [-0.2, 0) is 16.8 Å². The van der Waals surface area contributed by atoms with Crippen molar-refractivity contribution in [3.8, 4) is 0 Å². The van der Waals surface area contributed by atoms with Gasteiger partial charge in [0.1, 0.15) is 0 Å². The van der Waals surface area contributed by atoms with E-state index < -0.39 is 0 Å². The van der Waals surface area contributed by atoms with Crippen LogP contribution >= 0.6 is 11.8 Å². The number of thioether (sulfide) groups is 1. The minimum Gasteiger partial charge on any atom is -0.370 e. The Morgan fingerprint density at radius 2 is 1.75 bits per heavy atom. The lowest BCUT2D eigenvalue weighted by atomic mass is 9.91. The second-order valence-electron chi connectivity index (χ2n) is 5.78. The molecule has 0 atom stereocenters. The van der Waals surface area contributed by atoms with Crippen LogP contribution in [-0.4, -0.2) is 17.3 Å². The molecule has 1 aromatic carbocycles. The zero-order valence-corrected chi connectivity index (χ0v) is 16.5. The van der Waals surface area contributed by atoms with Gasteiger partial charge in [-0.3, -0.25) is 0 Å². The van der Waals surface area contributed by atoms with Crippen LogP contribution in [0.1, 0.15) is 52.2 Å². The van der Waals surface area contributed by atoms with Gasteiger partial charge in [-0.15, -0.1) is 11.8 Å². The molecular formula is C21H31NOS. The van der Waals surface area contributed by atoms with Crippen molar-refractivity contribution in [3.05, 3.63) is 59.8 Å². The monoisotopic (exact) mass is 345 g/mol. The molecule has 24 heavy (non-hydrogen) atoms. The third kappa shape index (κ3) is 6.66. The molecule has 0 aliphatic carbocycles. The van der Waals surface area contributed by atoms with Gasteiger partial charge in [0.15, 0.2) is 0 Å². The van der Waals surface area contributed by atoms with E-state index in [0.717, 1.165) is 23.6 Å². The second-order valence-corrected chi connectivity index (χ2v) is 6.90. The summed E-state index contributed by atoms with van der Waals surface area (Å²) in [6.45, 7) is 11.3. The summed E-state index contributed by atoms with van der Waals surface area (Å²) in [7, 11) is 0. The van der Waals surface area contributed by atoms with E-state index in [1.807, 2.05) is 38.2 Å². The Labute approximate surface area is 152 Å². The molecule has 0 aliphatic rings. The van der Waals surface area contributed by atoms with Crippen LogP contribution in [0, 0.1) is 0 Å². The van der Waals surface area contributed by atoms with Crippen molar-refractivity contribution in [2.75, 3.05) is 12.4 Å². The summed E-state index contributed by atoms with van der Waals surface area (Å²) in [5.74, 6) is 0.913. The maximum atomic E-state index is 6.18. The highest BCUT2D eigenvalue weighted by molar-refractivity contribution is 7.99. The molecule has 0 saturated heterocycles. The molecule has 2 nitrogen and oxygen atoms in total. The van der Waals surface area contributed by atoms with Crippen molar-refractivity contribution in [1.29, 1.82) is 0 Å². The molecule has 0 amide bonds. The van der Waals surface area contributed by atoms with Crippen molar-refractivity contribution in [3.63, 3.8) is 0 Å². The number of aryl methyl sites for hydroxylation is 1. The first-order valence-electron chi connectivity index (χ1n) is 8.89. The Hall–Kier alpha value is -1.32. The van der Waals surface area contributed by atoms with Crippen LogP contribution in [0.5, 0.6) is 0 Å². The highest BCUT2D eigenvalue weighted by Crippen LogP contribution is 2.29. The molecule has 2 rings (SSSR count). The van der Waals surface area contributed by atoms with E-state index in [-0.39, 0.29) is 5.60 Å². The zero-order chi connectivity index (χ0) is 17.8. The molecule has 0 aliphatic heterocycles. The highest BCUT2D eigenvalue weighted by atomic mass is 32.2. The normalized spacial score (nSPS) is 10.9. The van der Waals surface area contributed by atoms with Crippen LogP contribution in [0.4, 0.5) is 0 Å². The molecule has 0 radical (unpaired) electrons. The lowest BCUT2D eigenvalue weighted by Crippen LogP contribution is -2.24. The minimum absolute atomic E-state index is 0.254. The fourth-order valence-electron chi connectivity index (χ4n) is 2.55. The Balaban J connectivity index is 0.00000139. The molecule has 3 heteroatoms. The van der Waals surface area contributed by atoms with Crippen molar-refractivity contribution in [1.82, 2.24) is 4.98 Å². The maximum absolute atomic E-state index is 6.18. The first-order valence-corrected chi connectivity index (χ1v) is 9.88. The number of nitrogens with zero attached hydrogens (tertiary/aromatic N) is 1. The standard InChI is InChI=1S/C19H25NOS.C2H6/c1-4-9-16-10-5-6-11-17(16)19(2,3)21-14-15-22-18-12-7-8-13-20-18;1-2/h5-8,10-13H,4,9,14-15H2,1-3H3;1-2H3. The summed E-state index contributed by atoms with van der Waals surface area (Å²) in [4.78, 5) is 4.32. The molecule has 0 spiro atoms. The van der Waals surface area contributed by atoms with Crippen molar-refractivity contribution in [2.45, 2.75) is 58.1 Å². The third-order valence-electron chi connectivity index (χ3n) is 3.62. The number of ether oxygens (including phenoxy) is 1. The molecular weight excluding hydrogens is 314 g/mol. The van der Waals surface area contributed by atoms with Gasteiger partial charge >= 0.3 is 0 Å². The van der Waals surface area contributed by atoms with Gasteiger partial charge in [-0.1, -0.05) is 57.5 Å². The van der Waals surface area contributed by atoms with Crippen molar-refractivity contribution < 1.29 is 4.74 Å². The Kier molecular flexibility index (Phi) is 9.73. The largest absolute Gasteiger partial charge is 0.370 e. The average molecular weight is 346 g/mol. The number of hydrogen-bond donors (Lipinski definition) is 0. The van der Waals surface area contributed by atoms with Gasteiger partial charge in [-0.2, -0.15) is 0 Å². The Morgan fingerprint density at radius 3 is 2.42 bits per heavy atom. The highest BCUT2D eigenvalue weighted by Gasteiger charge is 2.23. The van der Waals surface area contributed by atoms with Crippen LogP contribution in [0.2, 0.25) is 0 Å². The van der Waals surface area contributed by atoms with Gasteiger partial charge in [0.05, 0.1) is 17.2 Å². The summed E-state index contributed by atoms with van der Waals surface area (Å²) >= 11 is 1.73. The van der Waals surface area contributed by atoms with E-state index in [1.54, 1.807) is 11.8 Å². The number of aromatic nitrogens is 1. The summed E-state index contributed by atoms with van der Waals surface area (Å²) in [6, 6.07) is 14.6. The van der Waals surface area contributed by atoms with E-state index >= 15 is 0 Å². The lowest BCUT2D eigenvalue weighted by Gasteiger charge is -2.28. The van der Waals surface area contributed by atoms with Gasteiger partial charge in [-0.25, -0.2) is 4.98 Å². The first-order chi connectivity index (χ1) is 11.6. The molecule has 2 aromatic rings. The van der Waals surface area contributed by atoms with Crippen molar-refractivity contribution >= 4 is 11.8 Å². The molecule has 0 unspecified atom stereocenters. The molecule has 0 fully saturated rings. The molecule has 0 bridgehead atoms. The Bertz CT molecular complexity index is 569. The van der Waals surface area contributed by atoms with Crippen LogP contribution in [0.15, 0.2) is 53.7 Å². The third-order valence-corrected chi connectivity index (χ3v) is 4.53.